The number of amides is 4. The molecule has 0 unspecified atom stereocenters. The van der Waals surface area contributed by atoms with Gasteiger partial charge in [-0.25, -0.2) is 0 Å². The van der Waals surface area contributed by atoms with Gasteiger partial charge in [0.25, 0.3) is 0 Å². The van der Waals surface area contributed by atoms with Crippen molar-refractivity contribution < 1.29 is 37.1 Å². The number of hydrogen-bond donors (Lipinski definition) is 5. The van der Waals surface area contributed by atoms with Crippen molar-refractivity contribution in [1.29, 1.82) is 0 Å². The Hall–Kier alpha value is -5.38. The number of nitrogens with one attached hydrogen (secondary N) is 3. The van der Waals surface area contributed by atoms with Crippen molar-refractivity contribution in [3.05, 3.63) is 108 Å². The fourth-order valence-electron chi connectivity index (χ4n) is 5.30. The molecular formula is C37H42F3N7O5. The third-order valence-electron chi connectivity index (χ3n) is 7.98. The molecule has 276 valence electrons. The van der Waals surface area contributed by atoms with Gasteiger partial charge in [0.1, 0.15) is 12.1 Å². The third kappa shape index (κ3) is 12.1. The number of hydrogen-bond acceptors (Lipinski definition) is 8. The molecular weight excluding hydrogens is 679 g/mol. The number of carbonyl (C=O) groups excluding carboxylic acids is 4. The minimum absolute atomic E-state index is 0.0221. The molecule has 52 heavy (non-hydrogen) atoms. The van der Waals surface area contributed by atoms with Gasteiger partial charge in [-0.05, 0) is 35.4 Å². The summed E-state index contributed by atoms with van der Waals surface area (Å²) in [6.07, 6.45) is -3.97. The van der Waals surface area contributed by atoms with Crippen LogP contribution in [0.25, 0.3) is 10.9 Å². The lowest BCUT2D eigenvalue weighted by Gasteiger charge is -2.26. The number of rotatable bonds is 18. The van der Waals surface area contributed by atoms with E-state index < -0.39 is 53.9 Å². The molecule has 12 nitrogen and oxygen atoms in total. The predicted octanol–water partition coefficient (Wildman–Crippen LogP) is 3.15. The van der Waals surface area contributed by atoms with Gasteiger partial charge in [-0.3, -0.25) is 24.2 Å². The highest BCUT2D eigenvalue weighted by Crippen LogP contribution is 2.29. The summed E-state index contributed by atoms with van der Waals surface area (Å²) >= 11 is 0. The summed E-state index contributed by atoms with van der Waals surface area (Å²) in [5.74, 6) is -2.67. The van der Waals surface area contributed by atoms with Gasteiger partial charge < -0.3 is 37.1 Å². The first-order valence-electron chi connectivity index (χ1n) is 16.7. The molecule has 0 bridgehead atoms. The van der Waals surface area contributed by atoms with E-state index in [4.69, 9.17) is 16.2 Å². The Labute approximate surface area is 299 Å². The standard InChI is InChI=1S/C37H42F3N7O5/c38-37(39,40)28-12-10-25(11-13-28)20-31(35(50)44-29-21-27-8-4-5-9-30(27)43-23-29)46-36(51)32(22-34(49)47(17-15-41)18-16-42)45-33(48)14-19-52-24-26-6-2-1-3-7-26/h1-13,21,23,31-32H,14-20,22,24,41-42H2,(H,44,50)(H,45,48)(H,46,51)/t31-,32-/m0/s1. The SMILES string of the molecule is NCCN(CCN)C(=O)C[C@H](NC(=O)CCOCc1ccccc1)C(=O)N[C@@H](Cc1ccc(C(F)(F)F)cc1)C(=O)Nc1cnc2ccccc2c1. The largest absolute Gasteiger partial charge is 0.416 e. The topological polar surface area (TPSA) is 182 Å². The number of ether oxygens (including phenoxy) is 1. The number of halogens is 3. The van der Waals surface area contributed by atoms with Crippen molar-refractivity contribution in [2.24, 2.45) is 11.5 Å². The highest BCUT2D eigenvalue weighted by Gasteiger charge is 2.32. The number of nitrogens with two attached hydrogens (primary N) is 2. The number of pyridine rings is 1. The smallest absolute Gasteiger partial charge is 0.376 e. The van der Waals surface area contributed by atoms with E-state index in [0.717, 1.165) is 23.1 Å². The molecule has 0 aliphatic carbocycles. The van der Waals surface area contributed by atoms with Crippen LogP contribution in [0.5, 0.6) is 0 Å². The van der Waals surface area contributed by atoms with E-state index in [0.29, 0.717) is 16.8 Å². The van der Waals surface area contributed by atoms with Gasteiger partial charge in [-0.15, -0.1) is 0 Å². The van der Waals surface area contributed by atoms with Crippen molar-refractivity contribution in [2.75, 3.05) is 38.1 Å². The lowest BCUT2D eigenvalue weighted by molar-refractivity contribution is -0.138. The maximum absolute atomic E-state index is 13.9. The van der Waals surface area contributed by atoms with E-state index in [9.17, 15) is 32.3 Å². The summed E-state index contributed by atoms with van der Waals surface area (Å²) in [6.45, 7) is 0.861. The van der Waals surface area contributed by atoms with Crippen molar-refractivity contribution in [3.8, 4) is 0 Å². The van der Waals surface area contributed by atoms with Crippen LogP contribution in [0.15, 0.2) is 91.1 Å². The minimum Gasteiger partial charge on any atom is -0.376 e. The summed E-state index contributed by atoms with van der Waals surface area (Å²) in [7, 11) is 0. The van der Waals surface area contributed by atoms with Gasteiger partial charge in [0.05, 0.1) is 42.6 Å². The maximum atomic E-state index is 13.9. The maximum Gasteiger partial charge on any atom is 0.416 e. The average Bonchev–Trinajstić information content (AvgIpc) is 3.13. The Balaban J connectivity index is 1.54. The molecule has 0 aliphatic heterocycles. The van der Waals surface area contributed by atoms with Gasteiger partial charge in [0.2, 0.25) is 23.6 Å². The molecule has 4 aromatic rings. The Morgan fingerprint density at radius 3 is 2.15 bits per heavy atom. The van der Waals surface area contributed by atoms with Crippen molar-refractivity contribution in [2.45, 2.75) is 44.1 Å². The summed E-state index contributed by atoms with van der Waals surface area (Å²) < 4.78 is 45.3. The van der Waals surface area contributed by atoms with E-state index in [-0.39, 0.29) is 52.2 Å². The molecule has 2 atom stereocenters. The monoisotopic (exact) mass is 721 g/mol. The second kappa shape index (κ2) is 19.3. The predicted molar refractivity (Wildman–Crippen MR) is 189 cm³/mol. The third-order valence-corrected chi connectivity index (χ3v) is 7.98. The normalized spacial score (nSPS) is 12.5. The van der Waals surface area contributed by atoms with Crippen molar-refractivity contribution >= 4 is 40.2 Å². The van der Waals surface area contributed by atoms with Gasteiger partial charge in [0, 0.05) is 44.4 Å². The van der Waals surface area contributed by atoms with E-state index in [2.05, 4.69) is 20.9 Å². The lowest BCUT2D eigenvalue weighted by Crippen LogP contribution is -2.55. The highest BCUT2D eigenvalue weighted by atomic mass is 19.4. The summed E-state index contributed by atoms with van der Waals surface area (Å²) in [4.78, 5) is 59.6. The van der Waals surface area contributed by atoms with Crippen LogP contribution >= 0.6 is 0 Å². The molecule has 0 saturated heterocycles. The molecule has 15 heteroatoms. The number of anilines is 1. The fourth-order valence-corrected chi connectivity index (χ4v) is 5.30. The van der Waals surface area contributed by atoms with Crippen LogP contribution in [0, 0.1) is 0 Å². The molecule has 3 aromatic carbocycles. The first-order chi connectivity index (χ1) is 25.0. The summed E-state index contributed by atoms with van der Waals surface area (Å²) in [5.41, 5.74) is 12.7. The first kappa shape index (κ1) is 39.4. The van der Waals surface area contributed by atoms with Crippen LogP contribution in [0.1, 0.15) is 29.5 Å². The second-order valence-electron chi connectivity index (χ2n) is 11.9. The van der Waals surface area contributed by atoms with Gasteiger partial charge in [-0.1, -0.05) is 60.7 Å². The zero-order chi connectivity index (χ0) is 37.5. The van der Waals surface area contributed by atoms with E-state index in [1.54, 1.807) is 24.3 Å². The van der Waals surface area contributed by atoms with E-state index in [1.807, 2.05) is 36.4 Å². The molecule has 4 amide bonds. The summed E-state index contributed by atoms with van der Waals surface area (Å²) in [5, 5.41) is 8.64. The molecule has 0 aliphatic rings. The zero-order valence-corrected chi connectivity index (χ0v) is 28.4. The van der Waals surface area contributed by atoms with Crippen LogP contribution in [0.2, 0.25) is 0 Å². The van der Waals surface area contributed by atoms with Crippen LogP contribution < -0.4 is 27.4 Å². The van der Waals surface area contributed by atoms with Crippen LogP contribution in [0.4, 0.5) is 18.9 Å². The zero-order valence-electron chi connectivity index (χ0n) is 28.4. The average molecular weight is 722 g/mol. The summed E-state index contributed by atoms with van der Waals surface area (Å²) in [6, 6.07) is 19.6. The molecule has 1 aromatic heterocycles. The van der Waals surface area contributed by atoms with Crippen LogP contribution in [0.3, 0.4) is 0 Å². The van der Waals surface area contributed by atoms with Gasteiger partial charge in [-0.2, -0.15) is 13.2 Å². The quantitative estimate of drug-likeness (QED) is 0.0972. The second-order valence-corrected chi connectivity index (χ2v) is 11.9. The molecule has 0 radical (unpaired) electrons. The number of nitrogens with zero attached hydrogens (tertiary/aromatic N) is 2. The molecule has 1 heterocycles. The molecule has 7 N–H and O–H groups in total. The Bertz CT molecular complexity index is 1790. The Morgan fingerprint density at radius 2 is 1.48 bits per heavy atom. The van der Waals surface area contributed by atoms with Crippen LogP contribution in [-0.4, -0.2) is 78.4 Å². The highest BCUT2D eigenvalue weighted by molar-refractivity contribution is 6.00. The van der Waals surface area contributed by atoms with Crippen LogP contribution in [-0.2, 0) is 43.1 Å². The van der Waals surface area contributed by atoms with Gasteiger partial charge >= 0.3 is 6.18 Å². The van der Waals surface area contributed by atoms with Crippen molar-refractivity contribution in [3.63, 3.8) is 0 Å². The molecule has 4 rings (SSSR count). The Morgan fingerprint density at radius 1 is 0.808 bits per heavy atom. The van der Waals surface area contributed by atoms with Crippen molar-refractivity contribution in [1.82, 2.24) is 20.5 Å². The number of carbonyl (C=O) groups is 4. The Kier molecular flexibility index (Phi) is 14.6. The number of para-hydroxylation sites is 1. The molecule has 0 fully saturated rings. The van der Waals surface area contributed by atoms with Gasteiger partial charge in [0.15, 0.2) is 0 Å². The minimum atomic E-state index is -4.57. The molecule has 0 spiro atoms. The van der Waals surface area contributed by atoms with E-state index >= 15 is 0 Å². The number of alkyl halides is 3. The first-order valence-corrected chi connectivity index (χ1v) is 16.7. The fraction of sp³-hybridized carbons (Fsp3) is 0.324. The van der Waals surface area contributed by atoms with E-state index in [1.165, 1.54) is 23.2 Å². The molecule has 0 saturated carbocycles. The lowest BCUT2D eigenvalue weighted by atomic mass is 10.0. The number of fused-ring (bicyclic) bond motifs is 1. The number of benzene rings is 3. The number of aromatic nitrogens is 1.